The summed E-state index contributed by atoms with van der Waals surface area (Å²) in [4.78, 5) is 0. The van der Waals surface area contributed by atoms with Crippen LogP contribution in [0.5, 0.6) is 0 Å². The monoisotopic (exact) mass is 266 g/mol. The standard InChI is InChI=1S/C6H2BrF3N4/c7-3-1-4(6(8,9)10)5-11-12-13-14(5)2-3/h1-2H. The van der Waals surface area contributed by atoms with Gasteiger partial charge in [0.05, 0.1) is 0 Å². The molecule has 0 radical (unpaired) electrons. The van der Waals surface area contributed by atoms with E-state index < -0.39 is 11.7 Å². The fraction of sp³-hybridized carbons (Fsp3) is 0.167. The molecule has 0 saturated heterocycles. The number of hydrogen-bond donors (Lipinski definition) is 0. The highest BCUT2D eigenvalue weighted by Crippen LogP contribution is 2.32. The Morgan fingerprint density at radius 3 is 2.71 bits per heavy atom. The van der Waals surface area contributed by atoms with E-state index in [9.17, 15) is 13.2 Å². The van der Waals surface area contributed by atoms with Crippen molar-refractivity contribution in [3.63, 3.8) is 0 Å². The Morgan fingerprint density at radius 1 is 1.36 bits per heavy atom. The van der Waals surface area contributed by atoms with E-state index in [0.29, 0.717) is 0 Å². The Bertz CT molecular complexity index is 477. The molecule has 0 amide bonds. The molecular formula is C6H2BrF3N4. The molecule has 2 aromatic heterocycles. The van der Waals surface area contributed by atoms with Crippen molar-refractivity contribution < 1.29 is 13.2 Å². The van der Waals surface area contributed by atoms with Gasteiger partial charge in [0, 0.05) is 10.7 Å². The first-order valence-electron chi connectivity index (χ1n) is 3.43. The van der Waals surface area contributed by atoms with Gasteiger partial charge in [-0.15, -0.1) is 5.10 Å². The molecule has 0 bridgehead atoms. The van der Waals surface area contributed by atoms with Crippen LogP contribution in [0.2, 0.25) is 0 Å². The second kappa shape index (κ2) is 2.91. The molecule has 2 rings (SSSR count). The van der Waals surface area contributed by atoms with Crippen LogP contribution >= 0.6 is 15.9 Å². The first-order chi connectivity index (χ1) is 6.48. The molecule has 74 valence electrons. The van der Waals surface area contributed by atoms with Gasteiger partial charge in [-0.3, -0.25) is 0 Å². The quantitative estimate of drug-likeness (QED) is 0.732. The van der Waals surface area contributed by atoms with Crippen molar-refractivity contribution in [3.05, 3.63) is 22.3 Å². The zero-order valence-electron chi connectivity index (χ0n) is 6.46. The maximum atomic E-state index is 12.4. The summed E-state index contributed by atoms with van der Waals surface area (Å²) in [6.45, 7) is 0. The summed E-state index contributed by atoms with van der Waals surface area (Å²) in [6.07, 6.45) is -3.11. The van der Waals surface area contributed by atoms with Crippen LogP contribution < -0.4 is 0 Å². The second-order valence-electron chi connectivity index (χ2n) is 2.52. The summed E-state index contributed by atoms with van der Waals surface area (Å²) in [5.41, 5.74) is -1.17. The molecule has 0 N–H and O–H groups in total. The minimum atomic E-state index is -4.46. The topological polar surface area (TPSA) is 43.1 Å². The van der Waals surface area contributed by atoms with Crippen molar-refractivity contribution in [2.24, 2.45) is 0 Å². The van der Waals surface area contributed by atoms with E-state index in [0.717, 1.165) is 10.6 Å². The minimum absolute atomic E-state index is 0.268. The molecule has 0 aromatic carbocycles. The van der Waals surface area contributed by atoms with Gasteiger partial charge in [-0.05, 0) is 32.4 Å². The predicted octanol–water partition coefficient (Wildman–Crippen LogP) is 1.91. The number of pyridine rings is 1. The molecule has 0 unspecified atom stereocenters. The number of rotatable bonds is 0. The van der Waals surface area contributed by atoms with Gasteiger partial charge in [0.2, 0.25) is 0 Å². The molecule has 0 aliphatic carbocycles. The fourth-order valence-corrected chi connectivity index (χ4v) is 1.45. The lowest BCUT2D eigenvalue weighted by molar-refractivity contribution is -0.136. The van der Waals surface area contributed by atoms with E-state index in [2.05, 4.69) is 31.5 Å². The highest BCUT2D eigenvalue weighted by Gasteiger charge is 2.34. The number of nitrogens with zero attached hydrogens (tertiary/aromatic N) is 4. The van der Waals surface area contributed by atoms with E-state index in [1.165, 1.54) is 6.20 Å². The van der Waals surface area contributed by atoms with Crippen LogP contribution in [0.3, 0.4) is 0 Å². The van der Waals surface area contributed by atoms with E-state index in [4.69, 9.17) is 0 Å². The number of tetrazole rings is 1. The summed E-state index contributed by atoms with van der Waals surface area (Å²) < 4.78 is 38.6. The maximum absolute atomic E-state index is 12.4. The summed E-state index contributed by atoms with van der Waals surface area (Å²) >= 11 is 2.94. The summed E-state index contributed by atoms with van der Waals surface area (Å²) in [6, 6.07) is 0.936. The van der Waals surface area contributed by atoms with Crippen LogP contribution in [-0.4, -0.2) is 20.0 Å². The van der Waals surface area contributed by atoms with Crippen LogP contribution in [0.1, 0.15) is 5.56 Å². The number of aromatic nitrogens is 4. The van der Waals surface area contributed by atoms with Crippen molar-refractivity contribution in [2.75, 3.05) is 0 Å². The van der Waals surface area contributed by atoms with Gasteiger partial charge < -0.3 is 0 Å². The second-order valence-corrected chi connectivity index (χ2v) is 3.43. The number of hydrogen-bond acceptors (Lipinski definition) is 3. The Balaban J connectivity index is 2.80. The van der Waals surface area contributed by atoms with Gasteiger partial charge in [-0.1, -0.05) is 0 Å². The highest BCUT2D eigenvalue weighted by atomic mass is 79.9. The average Bonchev–Trinajstić information content (AvgIpc) is 2.47. The Kier molecular flexibility index (Phi) is 1.95. The van der Waals surface area contributed by atoms with Crippen LogP contribution in [0.25, 0.3) is 5.65 Å². The molecule has 0 fully saturated rings. The maximum Gasteiger partial charge on any atom is 0.420 e. The minimum Gasteiger partial charge on any atom is -0.199 e. The molecule has 8 heteroatoms. The van der Waals surface area contributed by atoms with Crippen molar-refractivity contribution in [1.82, 2.24) is 20.0 Å². The van der Waals surface area contributed by atoms with Gasteiger partial charge in [-0.2, -0.15) is 17.7 Å². The summed E-state index contributed by atoms with van der Waals surface area (Å²) in [7, 11) is 0. The molecule has 0 atom stereocenters. The Labute approximate surface area is 83.8 Å². The van der Waals surface area contributed by atoms with Crippen LogP contribution in [0.15, 0.2) is 16.7 Å². The fourth-order valence-electron chi connectivity index (χ4n) is 1.02. The van der Waals surface area contributed by atoms with Crippen molar-refractivity contribution in [2.45, 2.75) is 6.18 Å². The predicted molar refractivity (Wildman–Crippen MR) is 43.5 cm³/mol. The van der Waals surface area contributed by atoms with Crippen LogP contribution in [0, 0.1) is 0 Å². The summed E-state index contributed by atoms with van der Waals surface area (Å²) in [5, 5.41) is 9.83. The lowest BCUT2D eigenvalue weighted by Gasteiger charge is -2.06. The Morgan fingerprint density at radius 2 is 2.07 bits per heavy atom. The molecule has 2 heterocycles. The Hall–Kier alpha value is -1.18. The van der Waals surface area contributed by atoms with Crippen LogP contribution in [0.4, 0.5) is 13.2 Å². The zero-order valence-corrected chi connectivity index (χ0v) is 8.04. The SMILES string of the molecule is FC(F)(F)c1cc(Br)cn2nnnc12. The normalized spacial score (nSPS) is 12.3. The number of halogens is 4. The number of fused-ring (bicyclic) bond motifs is 1. The lowest BCUT2D eigenvalue weighted by atomic mass is 10.2. The molecule has 14 heavy (non-hydrogen) atoms. The summed E-state index contributed by atoms with van der Waals surface area (Å²) in [5.74, 6) is 0. The van der Waals surface area contributed by atoms with Crippen molar-refractivity contribution in [3.8, 4) is 0 Å². The third kappa shape index (κ3) is 1.45. The molecule has 0 spiro atoms. The molecule has 4 nitrogen and oxygen atoms in total. The van der Waals surface area contributed by atoms with Crippen LogP contribution in [-0.2, 0) is 6.18 Å². The largest absolute Gasteiger partial charge is 0.420 e. The van der Waals surface area contributed by atoms with Gasteiger partial charge >= 0.3 is 6.18 Å². The van der Waals surface area contributed by atoms with Gasteiger partial charge in [0.1, 0.15) is 5.56 Å². The van der Waals surface area contributed by atoms with Gasteiger partial charge in [0.25, 0.3) is 0 Å². The van der Waals surface area contributed by atoms with Gasteiger partial charge in [-0.25, -0.2) is 0 Å². The first kappa shape index (κ1) is 9.38. The molecular weight excluding hydrogens is 265 g/mol. The highest BCUT2D eigenvalue weighted by molar-refractivity contribution is 9.10. The first-order valence-corrected chi connectivity index (χ1v) is 4.22. The molecule has 2 aromatic rings. The van der Waals surface area contributed by atoms with Crippen molar-refractivity contribution in [1.29, 1.82) is 0 Å². The van der Waals surface area contributed by atoms with E-state index in [1.807, 2.05) is 0 Å². The molecule has 0 aliphatic heterocycles. The zero-order chi connectivity index (χ0) is 10.3. The molecule has 0 aliphatic rings. The van der Waals surface area contributed by atoms with E-state index in [1.54, 1.807) is 0 Å². The van der Waals surface area contributed by atoms with E-state index >= 15 is 0 Å². The smallest absolute Gasteiger partial charge is 0.199 e. The third-order valence-electron chi connectivity index (χ3n) is 1.57. The van der Waals surface area contributed by atoms with Crippen molar-refractivity contribution >= 4 is 21.6 Å². The van der Waals surface area contributed by atoms with E-state index in [-0.39, 0.29) is 10.1 Å². The number of alkyl halides is 3. The molecule has 0 saturated carbocycles. The average molecular weight is 267 g/mol. The lowest BCUT2D eigenvalue weighted by Crippen LogP contribution is -2.08. The third-order valence-corrected chi connectivity index (χ3v) is 2.00. The van der Waals surface area contributed by atoms with Gasteiger partial charge in [0.15, 0.2) is 5.65 Å².